The molecule has 3 heteroatoms. The number of unbranched alkanes of at least 4 members (excludes halogenated alkanes) is 2. The second kappa shape index (κ2) is 10.3. The van der Waals surface area contributed by atoms with Crippen LogP contribution in [0.4, 0.5) is 0 Å². The van der Waals surface area contributed by atoms with Crippen LogP contribution in [0, 0.1) is 0 Å². The average molecular weight is 454 g/mol. The van der Waals surface area contributed by atoms with Gasteiger partial charge in [-0.05, 0) is 55.0 Å². The molecule has 0 bridgehead atoms. The number of aryl methyl sites for hydroxylation is 1. The summed E-state index contributed by atoms with van der Waals surface area (Å²) in [6, 6.07) is 26.9. The lowest BCUT2D eigenvalue weighted by molar-refractivity contribution is 0.305. The Morgan fingerprint density at radius 1 is 0.794 bits per heavy atom. The van der Waals surface area contributed by atoms with Crippen LogP contribution in [-0.2, 0) is 18.9 Å². The van der Waals surface area contributed by atoms with Gasteiger partial charge in [-0.15, -0.1) is 0 Å². The van der Waals surface area contributed by atoms with Crippen molar-refractivity contribution in [2.45, 2.75) is 51.9 Å². The smallest absolute Gasteiger partial charge is 0.258 e. The minimum atomic E-state index is -0.192. The Labute approximate surface area is 203 Å². The lowest BCUT2D eigenvalue weighted by Crippen LogP contribution is -2.29. The van der Waals surface area contributed by atoms with Crippen molar-refractivity contribution in [3.63, 3.8) is 0 Å². The number of fused-ring (bicyclic) bond motifs is 1. The second-order valence-corrected chi connectivity index (χ2v) is 10.1. The molecule has 1 aromatic heterocycles. The van der Waals surface area contributed by atoms with Crippen LogP contribution in [-0.4, -0.2) is 11.2 Å². The minimum absolute atomic E-state index is 0.0343. The van der Waals surface area contributed by atoms with Crippen molar-refractivity contribution in [2.24, 2.45) is 7.05 Å². The normalized spacial score (nSPS) is 11.6. The molecule has 0 amide bonds. The zero-order valence-corrected chi connectivity index (χ0v) is 20.8. The Bertz CT molecular complexity index is 1300. The van der Waals surface area contributed by atoms with E-state index in [0.717, 1.165) is 59.0 Å². The molecule has 4 aromatic rings. The average Bonchev–Trinajstić information content (AvgIpc) is 2.83. The molecule has 3 nitrogen and oxygen atoms in total. The van der Waals surface area contributed by atoms with Crippen LogP contribution >= 0.6 is 0 Å². The summed E-state index contributed by atoms with van der Waals surface area (Å²) in [5, 5.41) is 1.69. The standard InChI is InChI=1S/C31H35NO2/c1-31(2,3)29-28(24-17-11-6-12-18-24)27-22-25(19-20-26(27)30(33)32(29)4)34-21-13-7-10-16-23-14-8-5-9-15-23/h5-6,8-9,11-12,14-15,17-20,22H,7,10,13,16,21H2,1-4H3. The maximum atomic E-state index is 13.3. The first kappa shape index (κ1) is 23.8. The van der Waals surface area contributed by atoms with Gasteiger partial charge in [-0.1, -0.05) is 81.4 Å². The van der Waals surface area contributed by atoms with Crippen LogP contribution in [0.15, 0.2) is 83.7 Å². The summed E-state index contributed by atoms with van der Waals surface area (Å²) in [5.74, 6) is 0.820. The zero-order chi connectivity index (χ0) is 24.1. The highest BCUT2D eigenvalue weighted by atomic mass is 16.5. The number of pyridine rings is 1. The van der Waals surface area contributed by atoms with Gasteiger partial charge in [-0.3, -0.25) is 4.79 Å². The van der Waals surface area contributed by atoms with E-state index >= 15 is 0 Å². The first-order valence-corrected chi connectivity index (χ1v) is 12.3. The van der Waals surface area contributed by atoms with Gasteiger partial charge in [0.1, 0.15) is 5.75 Å². The third kappa shape index (κ3) is 5.25. The van der Waals surface area contributed by atoms with E-state index in [9.17, 15) is 4.79 Å². The molecule has 0 saturated heterocycles. The van der Waals surface area contributed by atoms with Crippen molar-refractivity contribution < 1.29 is 4.74 Å². The number of ether oxygens (including phenoxy) is 1. The van der Waals surface area contributed by atoms with Crippen LogP contribution in [0.2, 0.25) is 0 Å². The van der Waals surface area contributed by atoms with Gasteiger partial charge in [0.15, 0.2) is 0 Å². The molecule has 3 aromatic carbocycles. The fourth-order valence-electron chi connectivity index (χ4n) is 4.80. The van der Waals surface area contributed by atoms with Gasteiger partial charge in [-0.2, -0.15) is 0 Å². The van der Waals surface area contributed by atoms with E-state index in [1.54, 1.807) is 0 Å². The maximum Gasteiger partial charge on any atom is 0.258 e. The molecule has 1 heterocycles. The van der Waals surface area contributed by atoms with Crippen molar-refractivity contribution in [3.8, 4) is 16.9 Å². The topological polar surface area (TPSA) is 31.2 Å². The van der Waals surface area contributed by atoms with Crippen LogP contribution in [0.1, 0.15) is 51.3 Å². The lowest BCUT2D eigenvalue weighted by Gasteiger charge is -2.27. The van der Waals surface area contributed by atoms with E-state index in [2.05, 4.69) is 81.4 Å². The highest BCUT2D eigenvalue weighted by Gasteiger charge is 2.25. The summed E-state index contributed by atoms with van der Waals surface area (Å²) in [6.45, 7) is 7.17. The monoisotopic (exact) mass is 453 g/mol. The third-order valence-electron chi connectivity index (χ3n) is 6.36. The fraction of sp³-hybridized carbons (Fsp3) is 0.323. The second-order valence-electron chi connectivity index (χ2n) is 10.1. The number of aromatic nitrogens is 1. The van der Waals surface area contributed by atoms with Gasteiger partial charge < -0.3 is 9.30 Å². The largest absolute Gasteiger partial charge is 0.494 e. The van der Waals surface area contributed by atoms with Crippen LogP contribution < -0.4 is 10.3 Å². The molecule has 0 atom stereocenters. The molecule has 0 radical (unpaired) electrons. The Balaban J connectivity index is 1.58. The Morgan fingerprint density at radius 3 is 2.15 bits per heavy atom. The van der Waals surface area contributed by atoms with E-state index in [1.165, 1.54) is 5.56 Å². The molecule has 0 aliphatic heterocycles. The van der Waals surface area contributed by atoms with Crippen molar-refractivity contribution in [3.05, 3.63) is 100 Å². The first-order chi connectivity index (χ1) is 16.4. The number of hydrogen-bond acceptors (Lipinski definition) is 2. The summed E-state index contributed by atoms with van der Waals surface area (Å²) >= 11 is 0. The molecule has 0 spiro atoms. The van der Waals surface area contributed by atoms with Gasteiger partial charge in [0.2, 0.25) is 0 Å². The van der Waals surface area contributed by atoms with Crippen molar-refractivity contribution in [1.82, 2.24) is 4.57 Å². The molecule has 0 N–H and O–H groups in total. The van der Waals surface area contributed by atoms with Crippen molar-refractivity contribution >= 4 is 10.8 Å². The Kier molecular flexibility index (Phi) is 7.21. The quantitative estimate of drug-likeness (QED) is 0.262. The minimum Gasteiger partial charge on any atom is -0.494 e. The van der Waals surface area contributed by atoms with Crippen LogP contribution in [0.5, 0.6) is 5.75 Å². The molecule has 0 aliphatic carbocycles. The number of hydrogen-bond donors (Lipinski definition) is 0. The Morgan fingerprint density at radius 2 is 1.47 bits per heavy atom. The van der Waals surface area contributed by atoms with E-state index in [0.29, 0.717) is 6.61 Å². The molecule has 0 aliphatic rings. The fourth-order valence-corrected chi connectivity index (χ4v) is 4.80. The number of nitrogens with zero attached hydrogens (tertiary/aromatic N) is 1. The molecule has 0 fully saturated rings. The highest BCUT2D eigenvalue weighted by Crippen LogP contribution is 2.38. The van der Waals surface area contributed by atoms with Crippen LogP contribution in [0.25, 0.3) is 21.9 Å². The lowest BCUT2D eigenvalue weighted by atomic mass is 9.83. The van der Waals surface area contributed by atoms with E-state index in [-0.39, 0.29) is 11.0 Å². The summed E-state index contributed by atoms with van der Waals surface area (Å²) in [5.41, 5.74) is 4.50. The molecule has 4 rings (SSSR count). The third-order valence-corrected chi connectivity index (χ3v) is 6.36. The van der Waals surface area contributed by atoms with Crippen LogP contribution in [0.3, 0.4) is 0 Å². The van der Waals surface area contributed by atoms with Crippen molar-refractivity contribution in [2.75, 3.05) is 6.61 Å². The van der Waals surface area contributed by atoms with E-state index in [1.807, 2.05) is 29.8 Å². The van der Waals surface area contributed by atoms with E-state index in [4.69, 9.17) is 4.74 Å². The SMILES string of the molecule is Cn1c(C(C)(C)C)c(-c2ccccc2)c2cc(OCCCCCc3ccccc3)ccc2c1=O. The predicted molar refractivity (Wildman–Crippen MR) is 143 cm³/mol. The van der Waals surface area contributed by atoms with Gasteiger partial charge in [-0.25, -0.2) is 0 Å². The summed E-state index contributed by atoms with van der Waals surface area (Å²) in [6.07, 6.45) is 4.41. The summed E-state index contributed by atoms with van der Waals surface area (Å²) in [4.78, 5) is 13.3. The van der Waals surface area contributed by atoms with Gasteiger partial charge >= 0.3 is 0 Å². The molecule has 34 heavy (non-hydrogen) atoms. The predicted octanol–water partition coefficient (Wildman–Crippen LogP) is 7.29. The molecule has 176 valence electrons. The van der Waals surface area contributed by atoms with Gasteiger partial charge in [0, 0.05) is 34.5 Å². The maximum absolute atomic E-state index is 13.3. The molecule has 0 saturated carbocycles. The number of benzene rings is 3. The zero-order valence-electron chi connectivity index (χ0n) is 20.8. The first-order valence-electron chi connectivity index (χ1n) is 12.3. The van der Waals surface area contributed by atoms with Gasteiger partial charge in [0.25, 0.3) is 5.56 Å². The molecular formula is C31H35NO2. The summed E-state index contributed by atoms with van der Waals surface area (Å²) in [7, 11) is 1.88. The molecular weight excluding hydrogens is 418 g/mol. The van der Waals surface area contributed by atoms with Crippen molar-refractivity contribution in [1.29, 1.82) is 0 Å². The summed E-state index contributed by atoms with van der Waals surface area (Å²) < 4.78 is 7.96. The van der Waals surface area contributed by atoms with Gasteiger partial charge in [0.05, 0.1) is 6.61 Å². The number of rotatable bonds is 8. The Hall–Kier alpha value is -3.33. The van der Waals surface area contributed by atoms with E-state index < -0.39 is 0 Å². The molecule has 0 unspecified atom stereocenters. The highest BCUT2D eigenvalue weighted by molar-refractivity contribution is 5.98.